The Labute approximate surface area is 182 Å². The summed E-state index contributed by atoms with van der Waals surface area (Å²) < 4.78 is 14.0. The highest BCUT2D eigenvalue weighted by atomic mass is 32.2. The van der Waals surface area contributed by atoms with Crippen LogP contribution >= 0.6 is 11.9 Å². The lowest BCUT2D eigenvalue weighted by molar-refractivity contribution is 0.0594. The smallest absolute Gasteiger partial charge is 0.358 e. The number of methoxy groups -OCH3 is 1. The molecule has 1 saturated heterocycles. The summed E-state index contributed by atoms with van der Waals surface area (Å²) in [6.07, 6.45) is 6.79. The number of anilines is 2. The lowest BCUT2D eigenvalue weighted by Crippen LogP contribution is -2.35. The summed E-state index contributed by atoms with van der Waals surface area (Å²) in [5.41, 5.74) is 3.91. The molecule has 1 spiro atoms. The molecule has 2 heterocycles. The molecule has 0 amide bonds. The Morgan fingerprint density at radius 3 is 2.67 bits per heavy atom. The highest BCUT2D eigenvalue weighted by Gasteiger charge is 2.44. The number of hydrogen-bond acceptors (Lipinski definition) is 7. The number of nitrogens with zero attached hydrogens (tertiary/aromatic N) is 2. The molecule has 2 fully saturated rings. The molecule has 1 saturated carbocycles. The van der Waals surface area contributed by atoms with Gasteiger partial charge in [-0.1, -0.05) is 42.3 Å². The molecule has 2 aromatic rings. The minimum absolute atomic E-state index is 0.384. The van der Waals surface area contributed by atoms with E-state index in [-0.39, 0.29) is 5.97 Å². The normalized spacial score (nSPS) is 17.0. The molecule has 7 heteroatoms. The van der Waals surface area contributed by atoms with Crippen LogP contribution in [0.25, 0.3) is 0 Å². The maximum atomic E-state index is 12.2. The summed E-state index contributed by atoms with van der Waals surface area (Å²) in [5, 5.41) is 0. The van der Waals surface area contributed by atoms with E-state index in [0.717, 1.165) is 30.2 Å². The zero-order chi connectivity index (χ0) is 20.8. The van der Waals surface area contributed by atoms with Gasteiger partial charge in [0.1, 0.15) is 0 Å². The fourth-order valence-corrected chi connectivity index (χ4v) is 4.48. The average Bonchev–Trinajstić information content (AvgIpc) is 3.55. The molecule has 2 aliphatic rings. The van der Waals surface area contributed by atoms with Crippen LogP contribution in [0.15, 0.2) is 42.6 Å². The predicted molar refractivity (Wildman–Crippen MR) is 121 cm³/mol. The number of carbonyl (C=O) groups is 1. The van der Waals surface area contributed by atoms with E-state index in [1.54, 1.807) is 18.1 Å². The van der Waals surface area contributed by atoms with Gasteiger partial charge >= 0.3 is 5.97 Å². The highest BCUT2D eigenvalue weighted by molar-refractivity contribution is 8.00. The van der Waals surface area contributed by atoms with Gasteiger partial charge in [-0.3, -0.25) is 0 Å². The van der Waals surface area contributed by atoms with Crippen LogP contribution in [0.4, 0.5) is 11.4 Å². The molecule has 0 bridgehead atoms. The molecule has 0 atom stereocenters. The molecule has 4 rings (SSSR count). The fraction of sp³-hybridized carbons (Fsp3) is 0.478. The molecule has 160 valence electrons. The Kier molecular flexibility index (Phi) is 6.79. The monoisotopic (exact) mass is 427 g/mol. The largest absolute Gasteiger partial charge is 0.464 e. The van der Waals surface area contributed by atoms with E-state index in [1.165, 1.54) is 38.4 Å². The summed E-state index contributed by atoms with van der Waals surface area (Å²) in [4.78, 5) is 18.9. The minimum Gasteiger partial charge on any atom is -0.464 e. The van der Waals surface area contributed by atoms with Crippen LogP contribution in [0.2, 0.25) is 0 Å². The number of hydrogen-bond donors (Lipinski definition) is 1. The summed E-state index contributed by atoms with van der Waals surface area (Å²) in [6, 6.07) is 12.2. The molecule has 1 aromatic carbocycles. The van der Waals surface area contributed by atoms with Crippen molar-refractivity contribution in [2.45, 2.75) is 32.3 Å². The summed E-state index contributed by atoms with van der Waals surface area (Å²) in [7, 11) is 1.40. The van der Waals surface area contributed by atoms with Crippen molar-refractivity contribution in [2.75, 3.05) is 42.2 Å². The Morgan fingerprint density at radius 1 is 1.20 bits per heavy atom. The fourth-order valence-electron chi connectivity index (χ4n) is 3.90. The Morgan fingerprint density at radius 2 is 1.97 bits per heavy atom. The van der Waals surface area contributed by atoms with E-state index >= 15 is 0 Å². The predicted octanol–water partition coefficient (Wildman–Crippen LogP) is 4.53. The second-order valence-electron chi connectivity index (χ2n) is 8.06. The van der Waals surface area contributed by atoms with E-state index in [9.17, 15) is 4.79 Å². The topological polar surface area (TPSA) is 63.7 Å². The van der Waals surface area contributed by atoms with Crippen molar-refractivity contribution in [1.82, 2.24) is 4.98 Å². The van der Waals surface area contributed by atoms with Gasteiger partial charge in [0.2, 0.25) is 0 Å². The van der Waals surface area contributed by atoms with Gasteiger partial charge in [0.25, 0.3) is 0 Å². The van der Waals surface area contributed by atoms with Gasteiger partial charge in [0.05, 0.1) is 37.9 Å². The van der Waals surface area contributed by atoms with Crippen LogP contribution in [0, 0.1) is 5.41 Å². The molecule has 0 radical (unpaired) electrons. The molecule has 1 aliphatic carbocycles. The van der Waals surface area contributed by atoms with Crippen molar-refractivity contribution >= 4 is 29.3 Å². The Hall–Kier alpha value is -2.25. The van der Waals surface area contributed by atoms with Gasteiger partial charge in [-0.05, 0) is 42.7 Å². The molecule has 30 heavy (non-hydrogen) atoms. The van der Waals surface area contributed by atoms with Crippen LogP contribution in [0.3, 0.4) is 0 Å². The maximum Gasteiger partial charge on any atom is 0.358 e. The van der Waals surface area contributed by atoms with Gasteiger partial charge < -0.3 is 19.1 Å². The summed E-state index contributed by atoms with van der Waals surface area (Å²) >= 11 is 1.58. The van der Waals surface area contributed by atoms with E-state index < -0.39 is 0 Å². The SMILES string of the molecule is COC(=O)c1ncc(NSCCOCc2ccccc2)cc1N1CCC2(CC1)CC2. The molecule has 6 nitrogen and oxygen atoms in total. The average molecular weight is 428 g/mol. The van der Waals surface area contributed by atoms with Crippen molar-refractivity contribution < 1.29 is 14.3 Å². The number of benzene rings is 1. The molecular weight excluding hydrogens is 398 g/mol. The van der Waals surface area contributed by atoms with Crippen LogP contribution in [-0.4, -0.2) is 43.5 Å². The van der Waals surface area contributed by atoms with Crippen molar-refractivity contribution in [1.29, 1.82) is 0 Å². The van der Waals surface area contributed by atoms with E-state index in [4.69, 9.17) is 9.47 Å². The first kappa shape index (κ1) is 21.0. The standard InChI is InChI=1S/C23H29N3O3S/c1-28-22(27)21-20(26-11-9-23(7-8-23)10-12-26)15-19(16-24-21)25-30-14-13-29-17-18-5-3-2-4-6-18/h2-6,15-16,25H,7-14,17H2,1H3. The van der Waals surface area contributed by atoms with E-state index in [1.807, 2.05) is 24.3 Å². The first-order valence-corrected chi connectivity index (χ1v) is 11.5. The molecule has 1 aromatic heterocycles. The van der Waals surface area contributed by atoms with Gasteiger partial charge in [0, 0.05) is 18.8 Å². The minimum atomic E-state index is -0.384. The summed E-state index contributed by atoms with van der Waals surface area (Å²) in [6.45, 7) is 3.21. The second-order valence-corrected chi connectivity index (χ2v) is 8.96. The van der Waals surface area contributed by atoms with Gasteiger partial charge in [-0.2, -0.15) is 0 Å². The number of aromatic nitrogens is 1. The van der Waals surface area contributed by atoms with Crippen molar-refractivity contribution in [3.05, 3.63) is 53.9 Å². The lowest BCUT2D eigenvalue weighted by atomic mass is 9.93. The van der Waals surface area contributed by atoms with Crippen molar-refractivity contribution in [2.24, 2.45) is 5.41 Å². The van der Waals surface area contributed by atoms with Gasteiger partial charge in [-0.15, -0.1) is 0 Å². The quantitative estimate of drug-likeness (QED) is 0.358. The van der Waals surface area contributed by atoms with Crippen molar-refractivity contribution in [3.63, 3.8) is 0 Å². The van der Waals surface area contributed by atoms with E-state index in [2.05, 4.69) is 26.7 Å². The molecule has 0 unspecified atom stereocenters. The van der Waals surface area contributed by atoms with E-state index in [0.29, 0.717) is 24.3 Å². The first-order chi connectivity index (χ1) is 14.7. The number of ether oxygens (including phenoxy) is 2. The number of carbonyl (C=O) groups excluding carboxylic acids is 1. The Balaban J connectivity index is 1.30. The first-order valence-electron chi connectivity index (χ1n) is 10.5. The third-order valence-electron chi connectivity index (χ3n) is 6.00. The third-order valence-corrected chi connectivity index (χ3v) is 6.75. The number of pyridine rings is 1. The van der Waals surface area contributed by atoms with Crippen LogP contribution in [-0.2, 0) is 16.1 Å². The molecule has 1 N–H and O–H groups in total. The van der Waals surface area contributed by atoms with Crippen LogP contribution in [0.5, 0.6) is 0 Å². The molecule has 1 aliphatic heterocycles. The number of rotatable bonds is 9. The third kappa shape index (κ3) is 5.26. The number of nitrogens with one attached hydrogen (secondary N) is 1. The second kappa shape index (κ2) is 9.71. The number of esters is 1. The lowest BCUT2D eigenvalue weighted by Gasteiger charge is -2.34. The number of piperidine rings is 1. The molecular formula is C23H29N3O3S. The maximum absolute atomic E-state index is 12.2. The zero-order valence-electron chi connectivity index (χ0n) is 17.4. The van der Waals surface area contributed by atoms with Crippen LogP contribution in [0.1, 0.15) is 41.7 Å². The van der Waals surface area contributed by atoms with Gasteiger partial charge in [0.15, 0.2) is 5.69 Å². The summed E-state index contributed by atoms with van der Waals surface area (Å²) in [5.74, 6) is 0.429. The Bertz CT molecular complexity index is 848. The van der Waals surface area contributed by atoms with Crippen LogP contribution < -0.4 is 9.62 Å². The van der Waals surface area contributed by atoms with Gasteiger partial charge in [-0.25, -0.2) is 9.78 Å². The zero-order valence-corrected chi connectivity index (χ0v) is 18.2. The highest BCUT2D eigenvalue weighted by Crippen LogP contribution is 2.54. The van der Waals surface area contributed by atoms with Crippen molar-refractivity contribution in [3.8, 4) is 0 Å².